The summed E-state index contributed by atoms with van der Waals surface area (Å²) in [5.74, 6) is -0.0506. The van der Waals surface area contributed by atoms with Gasteiger partial charge in [-0.15, -0.1) is 0 Å². The van der Waals surface area contributed by atoms with Gasteiger partial charge >= 0.3 is 6.03 Å². The second-order valence-electron chi connectivity index (χ2n) is 5.93. The number of hydrogen-bond donors (Lipinski definition) is 4. The van der Waals surface area contributed by atoms with Gasteiger partial charge in [-0.05, 0) is 36.4 Å². The molecule has 1 aromatic heterocycles. The van der Waals surface area contributed by atoms with E-state index in [0.717, 1.165) is 0 Å². The number of nitrogens with zero attached hydrogens (tertiary/aromatic N) is 2. The van der Waals surface area contributed by atoms with E-state index in [0.29, 0.717) is 17.2 Å². The van der Waals surface area contributed by atoms with Crippen molar-refractivity contribution in [3.05, 3.63) is 66.4 Å². The lowest BCUT2D eigenvalue weighted by Gasteiger charge is -2.10. The van der Waals surface area contributed by atoms with Gasteiger partial charge < -0.3 is 21.5 Å². The molecule has 4 amide bonds. The number of nitrogens with one attached hydrogen (secondary N) is 2. The summed E-state index contributed by atoms with van der Waals surface area (Å²) in [6, 6.07) is 14.2. The van der Waals surface area contributed by atoms with E-state index in [4.69, 9.17) is 16.2 Å². The van der Waals surface area contributed by atoms with Crippen molar-refractivity contribution in [3.63, 3.8) is 0 Å². The molecule has 1 heterocycles. The van der Waals surface area contributed by atoms with Crippen LogP contribution in [0, 0.1) is 0 Å². The number of urea groups is 1. The lowest BCUT2D eigenvalue weighted by molar-refractivity contribution is -0.118. The molecule has 6 N–H and O–H groups in total. The number of ether oxygens (including phenoxy) is 1. The lowest BCUT2D eigenvalue weighted by atomic mass is 10.2. The first kappa shape index (κ1) is 19.4. The second-order valence-corrected chi connectivity index (χ2v) is 5.93. The predicted octanol–water partition coefficient (Wildman–Crippen LogP) is 1.90. The van der Waals surface area contributed by atoms with Crippen LogP contribution in [0.5, 0.6) is 11.5 Å². The fourth-order valence-corrected chi connectivity index (χ4v) is 2.45. The van der Waals surface area contributed by atoms with Crippen molar-refractivity contribution in [1.82, 2.24) is 9.78 Å². The zero-order valence-electron chi connectivity index (χ0n) is 15.2. The monoisotopic (exact) mass is 394 g/mol. The van der Waals surface area contributed by atoms with E-state index in [1.54, 1.807) is 48.5 Å². The Morgan fingerprint density at radius 1 is 0.966 bits per heavy atom. The minimum Gasteiger partial charge on any atom is -0.457 e. The fourth-order valence-electron chi connectivity index (χ4n) is 2.45. The summed E-state index contributed by atoms with van der Waals surface area (Å²) in [5, 5.41) is 9.18. The molecule has 0 spiro atoms. The summed E-state index contributed by atoms with van der Waals surface area (Å²) in [4.78, 5) is 34.4. The molecule has 0 radical (unpaired) electrons. The van der Waals surface area contributed by atoms with Gasteiger partial charge in [0.2, 0.25) is 5.91 Å². The third kappa shape index (κ3) is 5.32. The maximum absolute atomic E-state index is 12.1. The van der Waals surface area contributed by atoms with E-state index < -0.39 is 17.8 Å². The van der Waals surface area contributed by atoms with Crippen LogP contribution in [-0.2, 0) is 11.3 Å². The number of nitrogens with two attached hydrogens (primary N) is 2. The van der Waals surface area contributed by atoms with Crippen LogP contribution >= 0.6 is 0 Å². The molecule has 0 atom stereocenters. The first-order valence-electron chi connectivity index (χ1n) is 8.47. The molecule has 10 nitrogen and oxygen atoms in total. The number of hydrogen-bond acceptors (Lipinski definition) is 5. The summed E-state index contributed by atoms with van der Waals surface area (Å²) in [6.07, 6.45) is 1.52. The van der Waals surface area contributed by atoms with Gasteiger partial charge in [-0.25, -0.2) is 4.79 Å². The molecule has 0 unspecified atom stereocenters. The number of anilines is 2. The van der Waals surface area contributed by atoms with Crippen LogP contribution in [0.3, 0.4) is 0 Å². The predicted molar refractivity (Wildman–Crippen MR) is 106 cm³/mol. The van der Waals surface area contributed by atoms with Crippen LogP contribution in [-0.4, -0.2) is 27.6 Å². The quantitative estimate of drug-likeness (QED) is 0.482. The molecule has 148 valence electrons. The minimum absolute atomic E-state index is 0.0797. The summed E-state index contributed by atoms with van der Waals surface area (Å²) < 4.78 is 6.99. The van der Waals surface area contributed by atoms with Crippen molar-refractivity contribution in [2.75, 3.05) is 10.6 Å². The molecule has 0 saturated heterocycles. The van der Waals surface area contributed by atoms with E-state index in [1.165, 1.54) is 16.9 Å². The van der Waals surface area contributed by atoms with Crippen molar-refractivity contribution in [2.24, 2.45) is 11.5 Å². The highest BCUT2D eigenvalue weighted by Gasteiger charge is 2.10. The minimum atomic E-state index is -0.589. The van der Waals surface area contributed by atoms with Crippen molar-refractivity contribution in [2.45, 2.75) is 6.54 Å². The normalized spacial score (nSPS) is 10.2. The SMILES string of the molecule is NC(=O)Cn1ccc(NC(=O)Nc2ccc(Oc3ccccc3C(N)=O)cc2)n1. The first-order chi connectivity index (χ1) is 13.9. The Kier molecular flexibility index (Phi) is 5.74. The highest BCUT2D eigenvalue weighted by atomic mass is 16.5. The van der Waals surface area contributed by atoms with Crippen LogP contribution in [0.1, 0.15) is 10.4 Å². The highest BCUT2D eigenvalue weighted by Crippen LogP contribution is 2.26. The molecule has 0 bridgehead atoms. The number of rotatable bonds is 7. The summed E-state index contributed by atoms with van der Waals surface area (Å²) >= 11 is 0. The van der Waals surface area contributed by atoms with E-state index in [1.807, 2.05) is 0 Å². The molecule has 3 rings (SSSR count). The number of carbonyl (C=O) groups excluding carboxylic acids is 3. The Balaban J connectivity index is 1.59. The molecule has 0 saturated carbocycles. The van der Waals surface area contributed by atoms with Crippen molar-refractivity contribution in [3.8, 4) is 11.5 Å². The maximum Gasteiger partial charge on any atom is 0.324 e. The Labute approximate surface area is 165 Å². The van der Waals surface area contributed by atoms with E-state index in [-0.39, 0.29) is 17.9 Å². The highest BCUT2D eigenvalue weighted by molar-refractivity contribution is 5.99. The van der Waals surface area contributed by atoms with Crippen LogP contribution in [0.2, 0.25) is 0 Å². The van der Waals surface area contributed by atoms with Gasteiger partial charge in [0.1, 0.15) is 18.0 Å². The Bertz CT molecular complexity index is 1040. The number of carbonyl (C=O) groups is 3. The standard InChI is InChI=1S/C19H18N6O4/c20-16(26)11-25-10-9-17(24-25)23-19(28)22-12-5-7-13(8-6-12)29-15-4-2-1-3-14(15)18(21)27/h1-10H,11H2,(H2,20,26)(H2,21,27)(H2,22,23,24,28). The Morgan fingerprint density at radius 2 is 1.69 bits per heavy atom. The molecule has 2 aromatic carbocycles. The van der Waals surface area contributed by atoms with Gasteiger partial charge in [-0.1, -0.05) is 12.1 Å². The van der Waals surface area contributed by atoms with Crippen molar-refractivity contribution >= 4 is 29.4 Å². The molecule has 0 aliphatic heterocycles. The second kappa shape index (κ2) is 8.57. The van der Waals surface area contributed by atoms with Crippen LogP contribution in [0.25, 0.3) is 0 Å². The average Bonchev–Trinajstić information content (AvgIpc) is 3.09. The summed E-state index contributed by atoms with van der Waals surface area (Å²) in [5.41, 5.74) is 11.2. The molecular weight excluding hydrogens is 376 g/mol. The molecule has 10 heteroatoms. The van der Waals surface area contributed by atoms with Gasteiger partial charge in [0.25, 0.3) is 5.91 Å². The van der Waals surface area contributed by atoms with E-state index in [2.05, 4.69) is 15.7 Å². The zero-order valence-corrected chi connectivity index (χ0v) is 15.2. The first-order valence-corrected chi connectivity index (χ1v) is 8.47. The molecule has 0 aliphatic rings. The number of benzene rings is 2. The smallest absolute Gasteiger partial charge is 0.324 e. The number of primary amides is 2. The zero-order chi connectivity index (χ0) is 20.8. The molecule has 3 aromatic rings. The van der Waals surface area contributed by atoms with E-state index >= 15 is 0 Å². The summed E-state index contributed by atoms with van der Waals surface area (Å²) in [6.45, 7) is -0.0797. The number of para-hydroxylation sites is 1. The Morgan fingerprint density at radius 3 is 2.38 bits per heavy atom. The fraction of sp³-hybridized carbons (Fsp3) is 0.0526. The molecule has 0 aliphatic carbocycles. The van der Waals surface area contributed by atoms with Gasteiger partial charge in [0, 0.05) is 18.0 Å². The summed E-state index contributed by atoms with van der Waals surface area (Å²) in [7, 11) is 0. The van der Waals surface area contributed by atoms with Crippen molar-refractivity contribution < 1.29 is 19.1 Å². The molecule has 0 fully saturated rings. The van der Waals surface area contributed by atoms with E-state index in [9.17, 15) is 14.4 Å². The van der Waals surface area contributed by atoms with Gasteiger partial charge in [-0.3, -0.25) is 19.6 Å². The third-order valence-corrected chi connectivity index (χ3v) is 3.69. The van der Waals surface area contributed by atoms with Gasteiger partial charge in [-0.2, -0.15) is 5.10 Å². The molecular formula is C19H18N6O4. The van der Waals surface area contributed by atoms with Crippen molar-refractivity contribution in [1.29, 1.82) is 0 Å². The van der Waals surface area contributed by atoms with Crippen LogP contribution in [0.4, 0.5) is 16.3 Å². The van der Waals surface area contributed by atoms with Gasteiger partial charge in [0.15, 0.2) is 5.82 Å². The van der Waals surface area contributed by atoms with Crippen LogP contribution < -0.4 is 26.8 Å². The largest absolute Gasteiger partial charge is 0.457 e. The van der Waals surface area contributed by atoms with Crippen LogP contribution in [0.15, 0.2) is 60.8 Å². The molecule has 29 heavy (non-hydrogen) atoms. The number of aromatic nitrogens is 2. The Hall–Kier alpha value is -4.34. The maximum atomic E-state index is 12.1. The van der Waals surface area contributed by atoms with Gasteiger partial charge in [0.05, 0.1) is 5.56 Å². The average molecular weight is 394 g/mol. The number of amides is 4. The topological polar surface area (TPSA) is 154 Å². The third-order valence-electron chi connectivity index (χ3n) is 3.69. The lowest BCUT2D eigenvalue weighted by Crippen LogP contribution is -2.21.